The summed E-state index contributed by atoms with van der Waals surface area (Å²) in [7, 11) is 0. The Morgan fingerprint density at radius 1 is 1.29 bits per heavy atom. The van der Waals surface area contributed by atoms with E-state index >= 15 is 0 Å². The molecule has 1 aliphatic carbocycles. The van der Waals surface area contributed by atoms with Crippen molar-refractivity contribution in [2.45, 2.75) is 84.9 Å². The van der Waals surface area contributed by atoms with Gasteiger partial charge in [-0.25, -0.2) is 0 Å². The van der Waals surface area contributed by atoms with Crippen molar-refractivity contribution in [3.05, 3.63) is 0 Å². The van der Waals surface area contributed by atoms with Gasteiger partial charge in [0.1, 0.15) is 0 Å². The molecule has 4 aliphatic rings. The molecular formula is C19H32O4Xe. The van der Waals surface area contributed by atoms with E-state index in [1.165, 1.54) is 20.2 Å². The zero-order valence-electron chi connectivity index (χ0n) is 15.4. The Labute approximate surface area is 162 Å². The maximum absolute atomic E-state index is 12.9. The van der Waals surface area contributed by atoms with Crippen LogP contribution in [-0.4, -0.2) is 30.6 Å². The van der Waals surface area contributed by atoms with Gasteiger partial charge in [-0.3, -0.25) is 0 Å². The quantitative estimate of drug-likeness (QED) is 0.427. The number of fused-ring (bicyclic) bond motifs is 1. The first kappa shape index (κ1) is 18.3. The average Bonchev–Trinajstić information content (AvgIpc) is 3.24. The first-order valence-corrected chi connectivity index (χ1v) is 13.2. The van der Waals surface area contributed by atoms with Crippen molar-refractivity contribution in [2.75, 3.05) is 6.61 Å². The van der Waals surface area contributed by atoms with E-state index in [2.05, 4.69) is 27.7 Å². The predicted octanol–water partition coefficient (Wildman–Crippen LogP) is 4.18. The molecule has 0 aromatic rings. The Hall–Kier alpha value is 0.961. The molecule has 1 saturated carbocycles. The Bertz CT molecular complexity index is 529. The summed E-state index contributed by atoms with van der Waals surface area (Å²) in [4.78, 5) is 12.9. The molecule has 3 saturated heterocycles. The van der Waals surface area contributed by atoms with E-state index in [0.717, 1.165) is 19.3 Å². The molecule has 4 rings (SSSR count). The first-order valence-electron chi connectivity index (χ1n) is 9.56. The summed E-state index contributed by atoms with van der Waals surface area (Å²) in [5, 5.41) is 0. The van der Waals surface area contributed by atoms with Crippen LogP contribution in [0.25, 0.3) is 0 Å². The van der Waals surface area contributed by atoms with E-state index < -0.39 is 41.8 Å². The van der Waals surface area contributed by atoms with E-state index in [0.29, 0.717) is 12.4 Å². The zero-order chi connectivity index (χ0) is 17.2. The minimum absolute atomic E-state index is 0.0134. The van der Waals surface area contributed by atoms with Crippen molar-refractivity contribution in [3.8, 4) is 0 Å². The van der Waals surface area contributed by atoms with Crippen molar-refractivity contribution in [2.24, 2.45) is 5.92 Å². The predicted molar refractivity (Wildman–Crippen MR) is 88.9 cm³/mol. The Balaban J connectivity index is 1.29. The van der Waals surface area contributed by atoms with E-state index in [1.807, 2.05) is 0 Å². The molecule has 0 bridgehead atoms. The maximum atomic E-state index is 12.9. The van der Waals surface area contributed by atoms with Crippen LogP contribution in [0.3, 0.4) is 0 Å². The molecule has 3 aliphatic heterocycles. The molecular weight excluding hydrogens is 423 g/mol. The van der Waals surface area contributed by atoms with Gasteiger partial charge in [0.25, 0.3) is 0 Å². The van der Waals surface area contributed by atoms with Crippen LogP contribution in [0.5, 0.6) is 0 Å². The van der Waals surface area contributed by atoms with Crippen LogP contribution in [0.2, 0.25) is 0.655 Å². The Morgan fingerprint density at radius 2 is 1.96 bits per heavy atom. The standard InChI is InChI=1S/C19H32O4Xe/c1-5-18(8-6-7-9-18)23-15-14(22-15)12-21-16(20)19(13(2)3)17(4)10-11-24(17)19/h13-15,24H,5-12H2,1-4H3. The van der Waals surface area contributed by atoms with E-state index in [9.17, 15) is 4.79 Å². The van der Waals surface area contributed by atoms with Gasteiger partial charge in [-0.05, 0) is 0 Å². The van der Waals surface area contributed by atoms with Crippen LogP contribution >= 0.6 is 0 Å². The molecule has 0 spiro atoms. The van der Waals surface area contributed by atoms with Gasteiger partial charge >= 0.3 is 164 Å². The van der Waals surface area contributed by atoms with E-state index in [1.54, 1.807) is 0 Å². The molecule has 0 amide bonds. The van der Waals surface area contributed by atoms with Crippen molar-refractivity contribution in [1.82, 2.24) is 0 Å². The van der Waals surface area contributed by atoms with Crippen molar-refractivity contribution in [1.29, 1.82) is 0 Å². The van der Waals surface area contributed by atoms with Crippen molar-refractivity contribution < 1.29 is 60.8 Å². The van der Waals surface area contributed by atoms with Gasteiger partial charge in [0.05, 0.1) is 0 Å². The minimum atomic E-state index is -1.12. The van der Waals surface area contributed by atoms with Gasteiger partial charge in [0.2, 0.25) is 0 Å². The molecule has 5 atom stereocenters. The number of carbonyl (C=O) groups is 1. The summed E-state index contributed by atoms with van der Waals surface area (Å²) in [5.41, 5.74) is 0.0134. The topological polar surface area (TPSA) is 48.1 Å². The van der Waals surface area contributed by atoms with E-state index in [4.69, 9.17) is 14.2 Å². The zero-order valence-corrected chi connectivity index (χ0v) is 17.6. The molecule has 0 aromatic carbocycles. The molecule has 5 unspecified atom stereocenters. The number of hydrogen-bond acceptors (Lipinski definition) is 4. The molecule has 0 radical (unpaired) electrons. The molecule has 5 heteroatoms. The first-order chi connectivity index (χ1) is 11.4. The third-order valence-electron chi connectivity index (χ3n) is 6.87. The third-order valence-corrected chi connectivity index (χ3v) is 17.1. The van der Waals surface area contributed by atoms with Gasteiger partial charge in [0, 0.05) is 0 Å². The fourth-order valence-corrected chi connectivity index (χ4v) is 15.9. The van der Waals surface area contributed by atoms with E-state index in [-0.39, 0.29) is 23.8 Å². The Morgan fingerprint density at radius 3 is 2.46 bits per heavy atom. The molecule has 0 aromatic heterocycles. The van der Waals surface area contributed by atoms with Gasteiger partial charge in [0.15, 0.2) is 0 Å². The second-order valence-corrected chi connectivity index (χ2v) is 15.6. The molecule has 0 N–H and O–H groups in total. The van der Waals surface area contributed by atoms with Crippen LogP contribution in [0.4, 0.5) is 0 Å². The number of rotatable bonds is 7. The summed E-state index contributed by atoms with van der Waals surface area (Å²) >= 11 is -1.12. The number of ether oxygens (including phenoxy) is 3. The molecule has 4 nitrogen and oxygen atoms in total. The molecule has 4 fully saturated rings. The number of hydrogen-bond donors (Lipinski definition) is 0. The van der Waals surface area contributed by atoms with Crippen molar-refractivity contribution >= 4 is 5.97 Å². The second kappa shape index (κ2) is 6.25. The monoisotopic (exact) mass is 456 g/mol. The SMILES string of the molecule is CCC1(OC2OC2COC(=O)C2(C(C)C)[XeH]3CCC32C)CCCC1. The van der Waals surface area contributed by atoms with Crippen molar-refractivity contribution in [3.63, 3.8) is 0 Å². The summed E-state index contributed by atoms with van der Waals surface area (Å²) in [6.07, 6.45) is 6.85. The Kier molecular flexibility index (Phi) is 4.77. The fraction of sp³-hybridized carbons (Fsp3) is 0.947. The summed E-state index contributed by atoms with van der Waals surface area (Å²) in [5.74, 6) is 0.486. The molecule has 3 heterocycles. The van der Waals surface area contributed by atoms with Crippen LogP contribution in [0.15, 0.2) is 0 Å². The number of epoxide rings is 1. The fourth-order valence-electron chi connectivity index (χ4n) is 5.16. The van der Waals surface area contributed by atoms with Crippen LogP contribution < -0.4 is 0 Å². The van der Waals surface area contributed by atoms with Gasteiger partial charge in [-0.1, -0.05) is 0 Å². The molecule has 140 valence electrons. The summed E-state index contributed by atoms with van der Waals surface area (Å²) in [6, 6.07) is 0. The number of esters is 1. The van der Waals surface area contributed by atoms with Crippen LogP contribution in [-0.2, 0) is 19.0 Å². The van der Waals surface area contributed by atoms with Crippen LogP contribution in [0, 0.1) is 47.8 Å². The summed E-state index contributed by atoms with van der Waals surface area (Å²) in [6.45, 7) is 9.30. The van der Waals surface area contributed by atoms with Gasteiger partial charge < -0.3 is 0 Å². The average molecular weight is 456 g/mol. The van der Waals surface area contributed by atoms with Gasteiger partial charge in [-0.2, -0.15) is 0 Å². The molecule has 24 heavy (non-hydrogen) atoms. The summed E-state index contributed by atoms with van der Waals surface area (Å²) < 4.78 is 19.2. The van der Waals surface area contributed by atoms with Crippen LogP contribution in [0.1, 0.15) is 66.2 Å². The van der Waals surface area contributed by atoms with Gasteiger partial charge in [-0.15, -0.1) is 0 Å². The normalized spacial score (nSPS) is 46.3. The second-order valence-electron chi connectivity index (χ2n) is 8.37. The number of carbonyl (C=O) groups excluding carboxylic acids is 1. The third kappa shape index (κ3) is 2.55.